The number of amides is 3. The van der Waals surface area contributed by atoms with Crippen LogP contribution in [0.4, 0.5) is 5.69 Å². The third-order valence-electron chi connectivity index (χ3n) is 6.88. The fourth-order valence-electron chi connectivity index (χ4n) is 4.93. The summed E-state index contributed by atoms with van der Waals surface area (Å²) >= 11 is 0. The second-order valence-corrected chi connectivity index (χ2v) is 9.74. The van der Waals surface area contributed by atoms with Gasteiger partial charge in [-0.25, -0.2) is 0 Å². The monoisotopic (exact) mass is 462 g/mol. The summed E-state index contributed by atoms with van der Waals surface area (Å²) in [4.78, 5) is 45.0. The number of nitrogens with one attached hydrogen (secondary N) is 1. The van der Waals surface area contributed by atoms with E-state index in [4.69, 9.17) is 0 Å². The summed E-state index contributed by atoms with van der Waals surface area (Å²) in [5, 5.41) is 2.92. The van der Waals surface area contributed by atoms with Gasteiger partial charge in [-0.3, -0.25) is 14.4 Å². The summed E-state index contributed by atoms with van der Waals surface area (Å²) in [6.07, 6.45) is 1.06. The van der Waals surface area contributed by atoms with Crippen LogP contribution in [0.2, 0.25) is 0 Å². The maximum absolute atomic E-state index is 13.7. The largest absolute Gasteiger partial charge is 0.354 e. The van der Waals surface area contributed by atoms with Gasteiger partial charge in [-0.05, 0) is 49.4 Å². The molecule has 0 bridgehead atoms. The Morgan fingerprint density at radius 2 is 1.65 bits per heavy atom. The van der Waals surface area contributed by atoms with Gasteiger partial charge in [-0.2, -0.15) is 0 Å². The Hall–Kier alpha value is -3.35. The molecule has 2 aliphatic heterocycles. The molecular formula is C27H34N4O3. The van der Waals surface area contributed by atoms with Crippen LogP contribution in [-0.2, 0) is 9.59 Å². The molecule has 0 aromatic heterocycles. The van der Waals surface area contributed by atoms with E-state index >= 15 is 0 Å². The van der Waals surface area contributed by atoms with Crippen LogP contribution in [0.3, 0.4) is 0 Å². The Balaban J connectivity index is 1.53. The summed E-state index contributed by atoms with van der Waals surface area (Å²) in [7, 11) is 0. The molecule has 4 rings (SSSR count). The number of nitrogens with zero attached hydrogens (tertiary/aromatic N) is 3. The molecule has 1 spiro atoms. The van der Waals surface area contributed by atoms with Gasteiger partial charge in [0.1, 0.15) is 12.1 Å². The van der Waals surface area contributed by atoms with E-state index in [-0.39, 0.29) is 24.3 Å². The number of aryl methyl sites for hydroxylation is 1. The van der Waals surface area contributed by atoms with Crippen LogP contribution in [0.15, 0.2) is 54.6 Å². The van der Waals surface area contributed by atoms with Gasteiger partial charge >= 0.3 is 0 Å². The molecule has 2 heterocycles. The first-order chi connectivity index (χ1) is 16.3. The molecule has 2 fully saturated rings. The molecule has 7 heteroatoms. The number of likely N-dealkylation sites (tertiary alicyclic amines) is 1. The van der Waals surface area contributed by atoms with Crippen LogP contribution in [0.5, 0.6) is 0 Å². The predicted molar refractivity (Wildman–Crippen MR) is 132 cm³/mol. The van der Waals surface area contributed by atoms with Crippen LogP contribution < -0.4 is 10.2 Å². The van der Waals surface area contributed by atoms with Gasteiger partial charge in [-0.15, -0.1) is 0 Å². The minimum atomic E-state index is -0.748. The first-order valence-electron chi connectivity index (χ1n) is 12.1. The summed E-state index contributed by atoms with van der Waals surface area (Å²) in [5.41, 5.74) is 1.87. The normalized spacial score (nSPS) is 17.5. The smallest absolute Gasteiger partial charge is 0.254 e. The minimum absolute atomic E-state index is 0.00887. The molecule has 2 aromatic carbocycles. The molecule has 2 saturated heterocycles. The van der Waals surface area contributed by atoms with Crippen LogP contribution in [0.25, 0.3) is 0 Å². The highest BCUT2D eigenvalue weighted by Gasteiger charge is 2.54. The molecule has 0 saturated carbocycles. The van der Waals surface area contributed by atoms with Crippen molar-refractivity contribution in [1.82, 2.24) is 15.1 Å². The molecule has 0 unspecified atom stereocenters. The quantitative estimate of drug-likeness (QED) is 0.716. The highest BCUT2D eigenvalue weighted by molar-refractivity contribution is 5.98. The van der Waals surface area contributed by atoms with Crippen molar-refractivity contribution in [3.05, 3.63) is 65.7 Å². The van der Waals surface area contributed by atoms with Crippen molar-refractivity contribution in [3.8, 4) is 0 Å². The molecule has 0 radical (unpaired) electrons. The fraction of sp³-hybridized carbons (Fsp3) is 0.444. The number of para-hydroxylation sites is 1. The van der Waals surface area contributed by atoms with Crippen molar-refractivity contribution in [2.45, 2.75) is 39.2 Å². The molecule has 7 nitrogen and oxygen atoms in total. The van der Waals surface area contributed by atoms with Gasteiger partial charge in [0.05, 0.1) is 6.67 Å². The van der Waals surface area contributed by atoms with Crippen molar-refractivity contribution in [3.63, 3.8) is 0 Å². The number of hydrogen-bond donors (Lipinski definition) is 1. The lowest BCUT2D eigenvalue weighted by Crippen LogP contribution is -2.57. The highest BCUT2D eigenvalue weighted by atomic mass is 16.2. The van der Waals surface area contributed by atoms with Gasteiger partial charge in [-0.1, -0.05) is 50.2 Å². The first-order valence-corrected chi connectivity index (χ1v) is 12.1. The second-order valence-electron chi connectivity index (χ2n) is 9.74. The van der Waals surface area contributed by atoms with Gasteiger partial charge < -0.3 is 20.0 Å². The van der Waals surface area contributed by atoms with Gasteiger partial charge in [0.15, 0.2) is 0 Å². The molecule has 2 aliphatic rings. The van der Waals surface area contributed by atoms with E-state index in [1.54, 1.807) is 4.90 Å². The van der Waals surface area contributed by atoms with Gasteiger partial charge in [0.25, 0.3) is 11.8 Å². The number of piperidine rings is 1. The zero-order chi connectivity index (χ0) is 24.3. The zero-order valence-corrected chi connectivity index (χ0v) is 20.3. The predicted octanol–water partition coefficient (Wildman–Crippen LogP) is 3.05. The third kappa shape index (κ3) is 4.65. The van der Waals surface area contributed by atoms with Gasteiger partial charge in [0, 0.05) is 30.9 Å². The van der Waals surface area contributed by atoms with Crippen LogP contribution in [0, 0.1) is 12.8 Å². The zero-order valence-electron chi connectivity index (χ0n) is 20.3. The average Bonchev–Trinajstić information content (AvgIpc) is 3.10. The van der Waals surface area contributed by atoms with Crippen molar-refractivity contribution in [2.24, 2.45) is 5.92 Å². The van der Waals surface area contributed by atoms with Crippen LogP contribution >= 0.6 is 0 Å². The van der Waals surface area contributed by atoms with E-state index in [1.165, 1.54) is 0 Å². The fourth-order valence-corrected chi connectivity index (χ4v) is 4.93. The van der Waals surface area contributed by atoms with Crippen LogP contribution in [-0.4, -0.2) is 65.9 Å². The SMILES string of the molecule is Cc1ccccc1C(=O)N1CCC2(CC1)C(=O)N(CC(=O)NCC(C)C)CN2c1ccccc1. The van der Waals surface area contributed by atoms with Gasteiger partial charge in [0.2, 0.25) is 5.91 Å². The standard InChI is InChI=1S/C27H34N4O3/c1-20(2)17-28-24(32)18-30-19-31(22-10-5-4-6-11-22)27(26(30)34)13-15-29(16-14-27)25(33)23-12-8-7-9-21(23)3/h4-12,20H,13-19H2,1-3H3,(H,28,32). The lowest BCUT2D eigenvalue weighted by molar-refractivity contribution is -0.137. The Kier molecular flexibility index (Phi) is 6.91. The summed E-state index contributed by atoms with van der Waals surface area (Å²) < 4.78 is 0. The van der Waals surface area contributed by atoms with E-state index in [9.17, 15) is 14.4 Å². The van der Waals surface area contributed by atoms with Crippen molar-refractivity contribution in [1.29, 1.82) is 0 Å². The molecular weight excluding hydrogens is 428 g/mol. The summed E-state index contributed by atoms with van der Waals surface area (Å²) in [6.45, 7) is 8.01. The van der Waals surface area contributed by atoms with E-state index in [2.05, 4.69) is 10.2 Å². The third-order valence-corrected chi connectivity index (χ3v) is 6.88. The number of hydrogen-bond acceptors (Lipinski definition) is 4. The maximum atomic E-state index is 13.7. The van der Waals surface area contributed by atoms with E-state index in [1.807, 2.05) is 80.3 Å². The number of carbonyl (C=O) groups is 3. The van der Waals surface area contributed by atoms with Crippen molar-refractivity contribution >= 4 is 23.4 Å². The molecule has 1 N–H and O–H groups in total. The molecule has 0 atom stereocenters. The second kappa shape index (κ2) is 9.87. The Morgan fingerprint density at radius 3 is 2.29 bits per heavy atom. The molecule has 180 valence electrons. The van der Waals surface area contributed by atoms with Crippen LogP contribution in [0.1, 0.15) is 42.6 Å². The number of carbonyl (C=O) groups excluding carboxylic acids is 3. The Bertz CT molecular complexity index is 1040. The Morgan fingerprint density at radius 1 is 1.00 bits per heavy atom. The Labute approximate surface area is 201 Å². The van der Waals surface area contributed by atoms with Crippen molar-refractivity contribution in [2.75, 3.05) is 37.7 Å². The molecule has 0 aliphatic carbocycles. The number of rotatable bonds is 6. The molecule has 34 heavy (non-hydrogen) atoms. The first kappa shape index (κ1) is 23.8. The molecule has 2 aromatic rings. The highest BCUT2D eigenvalue weighted by Crippen LogP contribution is 2.39. The van der Waals surface area contributed by atoms with E-state index < -0.39 is 5.54 Å². The average molecular weight is 463 g/mol. The number of benzene rings is 2. The maximum Gasteiger partial charge on any atom is 0.254 e. The topological polar surface area (TPSA) is 73.0 Å². The summed E-state index contributed by atoms with van der Waals surface area (Å²) in [5.74, 6) is 0.188. The lowest BCUT2D eigenvalue weighted by Gasteiger charge is -2.43. The molecule has 3 amide bonds. The number of anilines is 1. The minimum Gasteiger partial charge on any atom is -0.354 e. The summed E-state index contributed by atoms with van der Waals surface area (Å²) in [6, 6.07) is 17.5. The van der Waals surface area contributed by atoms with E-state index in [0.717, 1.165) is 11.3 Å². The van der Waals surface area contributed by atoms with Crippen molar-refractivity contribution < 1.29 is 14.4 Å². The lowest BCUT2D eigenvalue weighted by atomic mass is 9.85. The van der Waals surface area contributed by atoms with E-state index in [0.29, 0.717) is 50.6 Å².